The second-order valence-corrected chi connectivity index (χ2v) is 8.64. The van der Waals surface area contributed by atoms with E-state index in [1.165, 1.54) is 0 Å². The van der Waals surface area contributed by atoms with Crippen molar-refractivity contribution in [3.63, 3.8) is 0 Å². The molecular weight excluding hydrogens is 426 g/mol. The van der Waals surface area contributed by atoms with Gasteiger partial charge in [-0.3, -0.25) is 4.79 Å². The van der Waals surface area contributed by atoms with Gasteiger partial charge in [0, 0.05) is 18.0 Å². The Morgan fingerprint density at radius 2 is 1.70 bits per heavy atom. The summed E-state index contributed by atoms with van der Waals surface area (Å²) in [4.78, 5) is 10.8. The lowest BCUT2D eigenvalue weighted by molar-refractivity contribution is -0.250. The lowest BCUT2D eigenvalue weighted by atomic mass is 9.98. The third-order valence-corrected chi connectivity index (χ3v) is 6.33. The molecule has 5 N–H and O–H groups in total. The van der Waals surface area contributed by atoms with E-state index < -0.39 is 43.2 Å². The van der Waals surface area contributed by atoms with Crippen molar-refractivity contribution in [2.75, 3.05) is 6.61 Å². The van der Waals surface area contributed by atoms with Crippen molar-refractivity contribution < 1.29 is 35.1 Å². The molecule has 4 rings (SSSR count). The van der Waals surface area contributed by atoms with E-state index in [-0.39, 0.29) is 6.42 Å². The number of carbonyl (C=O) groups is 1. The summed E-state index contributed by atoms with van der Waals surface area (Å²) in [5.74, 6) is -0.824. The van der Waals surface area contributed by atoms with Crippen LogP contribution in [0.4, 0.5) is 0 Å². The van der Waals surface area contributed by atoms with Crippen molar-refractivity contribution in [2.24, 2.45) is 0 Å². The predicted octanol–water partition coefficient (Wildman–Crippen LogP) is 1.53. The number of hydrogen-bond acceptors (Lipinski definition) is 6. The molecule has 0 saturated carbocycles. The van der Waals surface area contributed by atoms with E-state index in [0.717, 1.165) is 33.2 Å². The Morgan fingerprint density at radius 3 is 2.36 bits per heavy atom. The molecule has 0 radical (unpaired) electrons. The highest BCUT2D eigenvalue weighted by Gasteiger charge is 2.44. The summed E-state index contributed by atoms with van der Waals surface area (Å²) >= 11 is 0. The van der Waals surface area contributed by atoms with E-state index >= 15 is 0 Å². The zero-order chi connectivity index (χ0) is 23.7. The zero-order valence-electron chi connectivity index (χ0n) is 18.3. The van der Waals surface area contributed by atoms with Gasteiger partial charge in [-0.2, -0.15) is 0 Å². The molecule has 176 valence electrons. The maximum atomic E-state index is 10.8. The number of aromatic nitrogens is 1. The average Bonchev–Trinajstić information content (AvgIpc) is 3.16. The van der Waals surface area contributed by atoms with Crippen molar-refractivity contribution in [3.8, 4) is 0 Å². The lowest BCUT2D eigenvalue weighted by Crippen LogP contribution is -2.56. The number of benzene rings is 2. The first-order chi connectivity index (χ1) is 15.8. The van der Waals surface area contributed by atoms with E-state index in [4.69, 9.17) is 9.84 Å². The summed E-state index contributed by atoms with van der Waals surface area (Å²) in [7, 11) is 0. The SMILES string of the molecule is Cc1cccc2c1c(Cc1ccc(CCC(=O)O)cc1)cn2[C@@H]1O[C@H](CO)[C@@H](O)[C@H](O)[C@H]1O. The zero-order valence-corrected chi connectivity index (χ0v) is 18.3. The summed E-state index contributed by atoms with van der Waals surface area (Å²) in [5, 5.41) is 50.5. The van der Waals surface area contributed by atoms with Gasteiger partial charge in [-0.1, -0.05) is 36.4 Å². The van der Waals surface area contributed by atoms with Gasteiger partial charge < -0.3 is 34.8 Å². The van der Waals surface area contributed by atoms with E-state index in [9.17, 15) is 25.2 Å². The quantitative estimate of drug-likeness (QED) is 0.365. The molecule has 0 unspecified atom stereocenters. The van der Waals surface area contributed by atoms with Gasteiger partial charge in [-0.25, -0.2) is 0 Å². The molecule has 0 amide bonds. The Labute approximate surface area is 191 Å². The fraction of sp³-hybridized carbons (Fsp3) is 0.400. The molecule has 2 aromatic carbocycles. The summed E-state index contributed by atoms with van der Waals surface area (Å²) in [6, 6.07) is 13.6. The van der Waals surface area contributed by atoms with Crippen molar-refractivity contribution in [1.82, 2.24) is 4.57 Å². The topological polar surface area (TPSA) is 132 Å². The Kier molecular flexibility index (Phi) is 6.83. The molecule has 1 aromatic heterocycles. The fourth-order valence-corrected chi connectivity index (χ4v) is 4.54. The van der Waals surface area contributed by atoms with Crippen LogP contribution in [-0.4, -0.2) is 67.1 Å². The Balaban J connectivity index is 1.67. The van der Waals surface area contributed by atoms with Gasteiger partial charge in [0.2, 0.25) is 0 Å². The minimum atomic E-state index is -1.45. The molecule has 0 aliphatic carbocycles. The van der Waals surface area contributed by atoms with Crippen LogP contribution in [0.1, 0.15) is 34.9 Å². The molecular formula is C25H29NO7. The number of aliphatic hydroxyl groups is 4. The number of nitrogens with zero attached hydrogens (tertiary/aromatic N) is 1. The summed E-state index contributed by atoms with van der Waals surface area (Å²) in [6.07, 6.45) is -3.16. The van der Waals surface area contributed by atoms with Crippen molar-refractivity contribution >= 4 is 16.9 Å². The van der Waals surface area contributed by atoms with Crippen LogP contribution in [0, 0.1) is 6.92 Å². The third-order valence-electron chi connectivity index (χ3n) is 6.33. The van der Waals surface area contributed by atoms with Crippen LogP contribution in [0.15, 0.2) is 48.7 Å². The van der Waals surface area contributed by atoms with E-state index in [0.29, 0.717) is 12.8 Å². The Morgan fingerprint density at radius 1 is 1.00 bits per heavy atom. The molecule has 1 aliphatic heterocycles. The Hall–Kier alpha value is -2.75. The number of fused-ring (bicyclic) bond motifs is 1. The average molecular weight is 456 g/mol. The third kappa shape index (κ3) is 4.66. The van der Waals surface area contributed by atoms with Crippen LogP contribution in [0.2, 0.25) is 0 Å². The first kappa shape index (κ1) is 23.4. The number of aryl methyl sites for hydroxylation is 2. The number of aliphatic carboxylic acids is 1. The minimum absolute atomic E-state index is 0.0884. The van der Waals surface area contributed by atoms with Gasteiger partial charge in [-0.05, 0) is 48.1 Å². The van der Waals surface area contributed by atoms with E-state index in [1.807, 2.05) is 55.6 Å². The number of carboxylic acid groups (broad SMARTS) is 1. The normalized spacial score (nSPS) is 25.4. The Bertz CT molecular complexity index is 1120. The number of aliphatic hydroxyl groups excluding tert-OH is 4. The number of ether oxygens (including phenoxy) is 1. The second kappa shape index (κ2) is 9.62. The highest BCUT2D eigenvalue weighted by molar-refractivity contribution is 5.87. The molecule has 0 bridgehead atoms. The predicted molar refractivity (Wildman–Crippen MR) is 121 cm³/mol. The molecule has 1 aliphatic rings. The minimum Gasteiger partial charge on any atom is -0.481 e. The van der Waals surface area contributed by atoms with Crippen LogP contribution in [0.5, 0.6) is 0 Å². The standard InChI is InChI=1S/C25H29NO7/c1-14-3-2-4-18-21(14)17(11-16-7-5-15(6-8-16)9-10-20(28)29)12-26(18)25-24(32)23(31)22(30)19(13-27)33-25/h2-8,12,19,22-25,27,30-32H,9-11,13H2,1H3,(H,28,29)/t19-,22-,23+,24-,25-/m1/s1. The van der Waals surface area contributed by atoms with Gasteiger partial charge in [-0.15, -0.1) is 0 Å². The maximum Gasteiger partial charge on any atom is 0.303 e. The first-order valence-corrected chi connectivity index (χ1v) is 11.0. The smallest absolute Gasteiger partial charge is 0.303 e. The summed E-state index contributed by atoms with van der Waals surface area (Å²) in [6.45, 7) is 1.51. The maximum absolute atomic E-state index is 10.8. The van der Waals surface area contributed by atoms with Crippen LogP contribution in [0.25, 0.3) is 10.9 Å². The highest BCUT2D eigenvalue weighted by Crippen LogP contribution is 2.35. The van der Waals surface area contributed by atoms with Crippen LogP contribution in [-0.2, 0) is 22.4 Å². The number of rotatable bonds is 7. The van der Waals surface area contributed by atoms with Crippen LogP contribution < -0.4 is 0 Å². The molecule has 1 saturated heterocycles. The van der Waals surface area contributed by atoms with Crippen LogP contribution in [0.3, 0.4) is 0 Å². The lowest BCUT2D eigenvalue weighted by Gasteiger charge is -2.40. The van der Waals surface area contributed by atoms with Crippen LogP contribution >= 0.6 is 0 Å². The van der Waals surface area contributed by atoms with Gasteiger partial charge >= 0.3 is 5.97 Å². The molecule has 1 fully saturated rings. The van der Waals surface area contributed by atoms with Gasteiger partial charge in [0.05, 0.1) is 12.1 Å². The number of carboxylic acids is 1. The largest absolute Gasteiger partial charge is 0.481 e. The van der Waals surface area contributed by atoms with Crippen molar-refractivity contribution in [3.05, 3.63) is 70.9 Å². The molecule has 0 spiro atoms. The second-order valence-electron chi connectivity index (χ2n) is 8.64. The van der Waals surface area contributed by atoms with E-state index in [1.54, 1.807) is 4.57 Å². The van der Waals surface area contributed by atoms with Crippen molar-refractivity contribution in [2.45, 2.75) is 56.8 Å². The molecule has 3 aromatic rings. The van der Waals surface area contributed by atoms with Gasteiger partial charge in [0.15, 0.2) is 6.23 Å². The first-order valence-electron chi connectivity index (χ1n) is 11.0. The molecule has 2 heterocycles. The van der Waals surface area contributed by atoms with Crippen molar-refractivity contribution in [1.29, 1.82) is 0 Å². The molecule has 33 heavy (non-hydrogen) atoms. The monoisotopic (exact) mass is 455 g/mol. The molecule has 8 heteroatoms. The van der Waals surface area contributed by atoms with Gasteiger partial charge in [0.25, 0.3) is 0 Å². The molecule has 5 atom stereocenters. The van der Waals surface area contributed by atoms with E-state index in [2.05, 4.69) is 0 Å². The highest BCUT2D eigenvalue weighted by atomic mass is 16.6. The summed E-state index contributed by atoms with van der Waals surface area (Å²) < 4.78 is 7.55. The fourth-order valence-electron chi connectivity index (χ4n) is 4.54. The number of hydrogen-bond donors (Lipinski definition) is 5. The summed E-state index contributed by atoms with van der Waals surface area (Å²) in [5.41, 5.74) is 4.86. The molecule has 8 nitrogen and oxygen atoms in total. The van der Waals surface area contributed by atoms with Gasteiger partial charge in [0.1, 0.15) is 24.4 Å².